The van der Waals surface area contributed by atoms with Crippen LogP contribution in [0.1, 0.15) is 18.4 Å². The molecule has 146 valence electrons. The van der Waals surface area contributed by atoms with Crippen LogP contribution in [-0.4, -0.2) is 28.5 Å². The number of hydrogen-bond donors (Lipinski definition) is 4. The molecule has 0 radical (unpaired) electrons. The van der Waals surface area contributed by atoms with E-state index < -0.39 is 5.82 Å². The lowest BCUT2D eigenvalue weighted by Crippen LogP contribution is -2.47. The Labute approximate surface area is 162 Å². The Morgan fingerprint density at radius 2 is 2.14 bits per heavy atom. The zero-order valence-electron chi connectivity index (χ0n) is 15.4. The number of carbonyl (C=O) groups excluding carboxylic acids is 1. The lowest BCUT2D eigenvalue weighted by atomic mass is 9.77. The van der Waals surface area contributed by atoms with E-state index in [1.807, 2.05) is 18.2 Å². The molecule has 28 heavy (non-hydrogen) atoms. The summed E-state index contributed by atoms with van der Waals surface area (Å²) in [6, 6.07) is 7.78. The quantitative estimate of drug-likeness (QED) is 0.601. The summed E-state index contributed by atoms with van der Waals surface area (Å²) in [6.45, 7) is 1.62. The number of nitrogens with zero attached hydrogens (tertiary/aromatic N) is 2. The molecule has 0 saturated heterocycles. The third-order valence-corrected chi connectivity index (χ3v) is 6.44. The van der Waals surface area contributed by atoms with Crippen LogP contribution >= 0.6 is 0 Å². The van der Waals surface area contributed by atoms with E-state index in [-0.39, 0.29) is 35.5 Å². The molecule has 3 aliphatic rings. The van der Waals surface area contributed by atoms with Crippen LogP contribution in [0.3, 0.4) is 0 Å². The molecule has 0 spiro atoms. The van der Waals surface area contributed by atoms with Gasteiger partial charge in [-0.25, -0.2) is 9.37 Å². The highest BCUT2D eigenvalue weighted by Gasteiger charge is 2.54. The van der Waals surface area contributed by atoms with Crippen molar-refractivity contribution in [3.8, 4) is 0 Å². The Morgan fingerprint density at radius 1 is 1.25 bits per heavy atom. The number of nitrogens with two attached hydrogens (primary N) is 1. The zero-order valence-corrected chi connectivity index (χ0v) is 15.4. The molecule has 2 aliphatic carbocycles. The first-order valence-corrected chi connectivity index (χ1v) is 9.73. The first-order chi connectivity index (χ1) is 13.6. The van der Waals surface area contributed by atoms with E-state index in [9.17, 15) is 9.18 Å². The van der Waals surface area contributed by atoms with Gasteiger partial charge in [-0.05, 0) is 54.8 Å². The number of hydrogen-bond acceptors (Lipinski definition) is 6. The number of fused-ring (bicyclic) bond motifs is 5. The average Bonchev–Trinajstić information content (AvgIpc) is 3.22. The van der Waals surface area contributed by atoms with E-state index in [1.54, 1.807) is 0 Å². The van der Waals surface area contributed by atoms with Crippen LogP contribution < -0.4 is 21.7 Å². The molecule has 1 amide bonds. The standard InChI is InChI=1S/C20H23FN6O/c21-15-9-24-20-25-13-3-1-2-10(4-13)7-23-8-12-5-11-6-14(12)17(16(11)18(22)28)26-19(15)27-20/h1-4,9,11-12,14,16-17,23H,5-8H2,(H2,22,28)(H2,24,25,26,27)/t11-,12+,14-,16+,17-/m1/s1. The average molecular weight is 382 g/mol. The van der Waals surface area contributed by atoms with Crippen molar-refractivity contribution in [2.75, 3.05) is 17.2 Å². The highest BCUT2D eigenvalue weighted by atomic mass is 19.1. The van der Waals surface area contributed by atoms with Gasteiger partial charge in [0.1, 0.15) is 0 Å². The topological polar surface area (TPSA) is 105 Å². The van der Waals surface area contributed by atoms with Crippen molar-refractivity contribution < 1.29 is 9.18 Å². The summed E-state index contributed by atoms with van der Waals surface area (Å²) in [5.41, 5.74) is 7.69. The Kier molecular flexibility index (Phi) is 4.16. The fourth-order valence-electron chi connectivity index (χ4n) is 5.31. The minimum absolute atomic E-state index is 0.112. The number of primary amides is 1. The SMILES string of the molecule is NC(=O)[C@H]1[C@@H]2C[C@H]3CNCc4cccc(c4)Nc4ncc(F)c(n4)N[C@@H]1[C@@H]3C2. The predicted octanol–water partition coefficient (Wildman–Crippen LogP) is 2.00. The summed E-state index contributed by atoms with van der Waals surface area (Å²) in [5, 5.41) is 9.88. The number of amides is 1. The van der Waals surface area contributed by atoms with E-state index in [2.05, 4.69) is 32.0 Å². The maximum Gasteiger partial charge on any atom is 0.229 e. The number of carbonyl (C=O) groups is 1. The molecule has 2 fully saturated rings. The smallest absolute Gasteiger partial charge is 0.229 e. The van der Waals surface area contributed by atoms with Crippen LogP contribution in [0.15, 0.2) is 30.5 Å². The third-order valence-electron chi connectivity index (χ3n) is 6.44. The Bertz CT molecular complexity index is 921. The van der Waals surface area contributed by atoms with Crippen LogP contribution in [0.5, 0.6) is 0 Å². The second-order valence-corrected chi connectivity index (χ2v) is 8.10. The van der Waals surface area contributed by atoms with Crippen LogP contribution in [-0.2, 0) is 11.3 Å². The number of rotatable bonds is 1. The van der Waals surface area contributed by atoms with Gasteiger partial charge in [0.05, 0.1) is 12.1 Å². The molecule has 1 aromatic heterocycles. The van der Waals surface area contributed by atoms with Gasteiger partial charge in [0, 0.05) is 18.3 Å². The van der Waals surface area contributed by atoms with Gasteiger partial charge in [-0.15, -0.1) is 0 Å². The first-order valence-electron chi connectivity index (χ1n) is 9.73. The van der Waals surface area contributed by atoms with Gasteiger partial charge in [-0.3, -0.25) is 4.79 Å². The van der Waals surface area contributed by atoms with Crippen molar-refractivity contribution in [1.82, 2.24) is 15.3 Å². The monoisotopic (exact) mass is 382 g/mol. The largest absolute Gasteiger partial charge is 0.369 e. The van der Waals surface area contributed by atoms with Gasteiger partial charge in [0.2, 0.25) is 11.9 Å². The van der Waals surface area contributed by atoms with E-state index in [1.165, 1.54) is 0 Å². The molecule has 2 saturated carbocycles. The summed E-state index contributed by atoms with van der Waals surface area (Å²) in [5.74, 6) is 0.190. The summed E-state index contributed by atoms with van der Waals surface area (Å²) in [7, 11) is 0. The molecule has 1 aliphatic heterocycles. The lowest BCUT2D eigenvalue weighted by Gasteiger charge is -2.35. The van der Waals surface area contributed by atoms with Crippen LogP contribution in [0.4, 0.5) is 21.8 Å². The molecule has 8 heteroatoms. The molecule has 1 aromatic carbocycles. The van der Waals surface area contributed by atoms with Gasteiger partial charge in [0.25, 0.3) is 0 Å². The van der Waals surface area contributed by atoms with Crippen LogP contribution in [0.25, 0.3) is 0 Å². The van der Waals surface area contributed by atoms with E-state index in [0.717, 1.165) is 43.4 Å². The Hall–Kier alpha value is -2.74. The van der Waals surface area contributed by atoms with Gasteiger partial charge >= 0.3 is 0 Å². The minimum Gasteiger partial charge on any atom is -0.369 e. The Balaban J connectivity index is 1.54. The van der Waals surface area contributed by atoms with Gasteiger partial charge in [-0.1, -0.05) is 12.1 Å². The maximum atomic E-state index is 14.4. The molecule has 2 aromatic rings. The number of nitrogens with one attached hydrogen (secondary N) is 3. The molecule has 2 heterocycles. The molecule has 5 N–H and O–H groups in total. The van der Waals surface area contributed by atoms with Crippen molar-refractivity contribution >= 4 is 23.4 Å². The van der Waals surface area contributed by atoms with Crippen molar-refractivity contribution in [3.63, 3.8) is 0 Å². The highest BCUT2D eigenvalue weighted by molar-refractivity contribution is 5.79. The van der Waals surface area contributed by atoms with Crippen molar-refractivity contribution in [1.29, 1.82) is 0 Å². The van der Waals surface area contributed by atoms with Crippen molar-refractivity contribution in [3.05, 3.63) is 41.8 Å². The number of aromatic nitrogens is 2. The molecule has 5 atom stereocenters. The van der Waals surface area contributed by atoms with E-state index in [0.29, 0.717) is 11.9 Å². The number of halogens is 1. The molecule has 0 unspecified atom stereocenters. The second kappa shape index (κ2) is 6.70. The summed E-state index contributed by atoms with van der Waals surface area (Å²) in [6.07, 6.45) is 3.06. The van der Waals surface area contributed by atoms with Crippen molar-refractivity contribution in [2.24, 2.45) is 29.4 Å². The molecule has 5 rings (SSSR count). The summed E-state index contributed by atoms with van der Waals surface area (Å²) < 4.78 is 14.4. The van der Waals surface area contributed by atoms with E-state index in [4.69, 9.17) is 5.73 Å². The fraction of sp³-hybridized carbons (Fsp3) is 0.450. The van der Waals surface area contributed by atoms with Crippen LogP contribution in [0, 0.1) is 29.5 Å². The van der Waals surface area contributed by atoms with E-state index >= 15 is 0 Å². The molecular weight excluding hydrogens is 359 g/mol. The molecule has 7 nitrogen and oxygen atoms in total. The van der Waals surface area contributed by atoms with Crippen molar-refractivity contribution in [2.45, 2.75) is 25.4 Å². The van der Waals surface area contributed by atoms with Gasteiger partial charge in [0.15, 0.2) is 11.6 Å². The third kappa shape index (κ3) is 2.97. The van der Waals surface area contributed by atoms with Crippen LogP contribution in [0.2, 0.25) is 0 Å². The minimum atomic E-state index is -0.535. The Morgan fingerprint density at radius 3 is 3.00 bits per heavy atom. The van der Waals surface area contributed by atoms with Gasteiger partial charge < -0.3 is 21.7 Å². The highest BCUT2D eigenvalue weighted by Crippen LogP contribution is 2.52. The summed E-state index contributed by atoms with van der Waals surface area (Å²) in [4.78, 5) is 20.5. The fourth-order valence-corrected chi connectivity index (χ4v) is 5.31. The first kappa shape index (κ1) is 17.4. The summed E-state index contributed by atoms with van der Waals surface area (Å²) >= 11 is 0. The predicted molar refractivity (Wildman–Crippen MR) is 103 cm³/mol. The lowest BCUT2D eigenvalue weighted by molar-refractivity contribution is -0.123. The number of benzene rings is 1. The second-order valence-electron chi connectivity index (χ2n) is 8.10. The van der Waals surface area contributed by atoms with Gasteiger partial charge in [-0.2, -0.15) is 4.98 Å². The molecular formula is C20H23FN6O. The normalized spacial score (nSPS) is 30.8. The zero-order chi connectivity index (χ0) is 19.3. The molecule has 6 bridgehead atoms. The maximum absolute atomic E-state index is 14.4. The number of anilines is 3.